The molecule has 41 heavy (non-hydrogen) atoms. The van der Waals surface area contributed by atoms with Gasteiger partial charge in [0.15, 0.2) is 0 Å². The van der Waals surface area contributed by atoms with Crippen molar-refractivity contribution < 1.29 is 22.7 Å². The number of nitrogens with zero attached hydrogens (tertiary/aromatic N) is 2. The summed E-state index contributed by atoms with van der Waals surface area (Å²) in [5.74, 6) is -0.120. The van der Waals surface area contributed by atoms with E-state index in [2.05, 4.69) is 5.32 Å². The molecule has 3 rings (SSSR count). The highest BCUT2D eigenvalue weighted by Gasteiger charge is 2.34. The zero-order valence-corrected chi connectivity index (χ0v) is 25.4. The number of hydrogen-bond donors (Lipinski definition) is 1. The van der Waals surface area contributed by atoms with Crippen LogP contribution in [0.1, 0.15) is 49.8 Å². The van der Waals surface area contributed by atoms with Crippen LogP contribution in [0.5, 0.6) is 5.75 Å². The Labute approximate surface area is 244 Å². The zero-order chi connectivity index (χ0) is 30.0. The molecule has 1 N–H and O–H groups in total. The number of nitrogens with one attached hydrogen (secondary N) is 1. The van der Waals surface area contributed by atoms with Crippen LogP contribution in [-0.4, -0.2) is 51.4 Å². The van der Waals surface area contributed by atoms with Crippen LogP contribution in [0.4, 0.5) is 5.69 Å². The first kappa shape index (κ1) is 31.7. The number of unbranched alkanes of at least 4 members (excludes halogenated alkanes) is 1. The van der Waals surface area contributed by atoms with E-state index >= 15 is 0 Å². The van der Waals surface area contributed by atoms with Crippen molar-refractivity contribution in [1.29, 1.82) is 0 Å². The molecule has 0 saturated carbocycles. The molecule has 8 nitrogen and oxygen atoms in total. The molecule has 0 unspecified atom stereocenters. The highest BCUT2D eigenvalue weighted by Crippen LogP contribution is 2.28. The lowest BCUT2D eigenvalue weighted by molar-refractivity contribution is -0.140. The van der Waals surface area contributed by atoms with Crippen molar-refractivity contribution in [3.05, 3.63) is 89.5 Å². The van der Waals surface area contributed by atoms with Crippen LogP contribution in [-0.2, 0) is 26.2 Å². The molecule has 0 spiro atoms. The number of anilines is 1. The minimum Gasteiger partial charge on any atom is -0.497 e. The lowest BCUT2D eigenvalue weighted by Gasteiger charge is -2.33. The van der Waals surface area contributed by atoms with Gasteiger partial charge in [-0.1, -0.05) is 68.3 Å². The number of ether oxygens (including phenoxy) is 1. The van der Waals surface area contributed by atoms with E-state index in [1.54, 1.807) is 37.4 Å². The standard InChI is InChI=1S/C32H41N3O5S/c1-6-8-19-33-32(37)29(7-2)34(22-26-13-12-14-27(21-26)40-5)31(36)23-35(30-18-17-24(3)20-25(30)4)41(38,39)28-15-10-9-11-16-28/h9-18,20-21,29H,6-8,19,22-23H2,1-5H3,(H,33,37)/t29-/m0/s1. The molecule has 220 valence electrons. The molecule has 0 aliphatic carbocycles. The first-order valence-corrected chi connectivity index (χ1v) is 15.4. The van der Waals surface area contributed by atoms with Crippen molar-refractivity contribution in [1.82, 2.24) is 10.2 Å². The smallest absolute Gasteiger partial charge is 0.264 e. The molecule has 0 aromatic heterocycles. The van der Waals surface area contributed by atoms with E-state index in [-0.39, 0.29) is 17.3 Å². The van der Waals surface area contributed by atoms with Gasteiger partial charge >= 0.3 is 0 Å². The fraction of sp³-hybridized carbons (Fsp3) is 0.375. The van der Waals surface area contributed by atoms with E-state index in [0.717, 1.165) is 33.8 Å². The topological polar surface area (TPSA) is 96.0 Å². The predicted molar refractivity (Wildman–Crippen MR) is 162 cm³/mol. The second-order valence-electron chi connectivity index (χ2n) is 10.1. The number of benzene rings is 3. The van der Waals surface area contributed by atoms with Gasteiger partial charge in [0.25, 0.3) is 10.0 Å². The van der Waals surface area contributed by atoms with Crippen LogP contribution < -0.4 is 14.4 Å². The Bertz CT molecular complexity index is 1430. The summed E-state index contributed by atoms with van der Waals surface area (Å²) in [7, 11) is -2.54. The minimum absolute atomic E-state index is 0.0801. The average molecular weight is 580 g/mol. The molecule has 0 bridgehead atoms. The first-order chi connectivity index (χ1) is 19.6. The summed E-state index contributed by atoms with van der Waals surface area (Å²) in [6.45, 7) is 7.78. The lowest BCUT2D eigenvalue weighted by atomic mass is 10.1. The van der Waals surface area contributed by atoms with Gasteiger partial charge in [-0.15, -0.1) is 0 Å². The van der Waals surface area contributed by atoms with Crippen molar-refractivity contribution in [3.8, 4) is 5.75 Å². The van der Waals surface area contributed by atoms with E-state index < -0.39 is 28.5 Å². The van der Waals surface area contributed by atoms with Crippen LogP contribution >= 0.6 is 0 Å². The normalized spacial score (nSPS) is 11.9. The Morgan fingerprint density at radius 3 is 2.32 bits per heavy atom. The largest absolute Gasteiger partial charge is 0.497 e. The fourth-order valence-electron chi connectivity index (χ4n) is 4.71. The number of sulfonamides is 1. The van der Waals surface area contributed by atoms with E-state index in [1.165, 1.54) is 17.0 Å². The molecular weight excluding hydrogens is 538 g/mol. The molecule has 3 aromatic rings. The molecule has 0 aliphatic rings. The summed E-state index contributed by atoms with van der Waals surface area (Å²) in [4.78, 5) is 29.1. The van der Waals surface area contributed by atoms with E-state index in [4.69, 9.17) is 4.74 Å². The van der Waals surface area contributed by atoms with Crippen LogP contribution in [0.15, 0.2) is 77.7 Å². The molecule has 1 atom stereocenters. The van der Waals surface area contributed by atoms with Crippen molar-refractivity contribution in [3.63, 3.8) is 0 Å². The van der Waals surface area contributed by atoms with E-state index in [1.807, 2.05) is 58.0 Å². The number of aryl methyl sites for hydroxylation is 2. The van der Waals surface area contributed by atoms with E-state index in [0.29, 0.717) is 24.4 Å². The van der Waals surface area contributed by atoms with Gasteiger partial charge in [-0.3, -0.25) is 13.9 Å². The quantitative estimate of drug-likeness (QED) is 0.264. The summed E-state index contributed by atoms with van der Waals surface area (Å²) in [5.41, 5.74) is 2.88. The van der Waals surface area contributed by atoms with Crippen molar-refractivity contribution in [2.24, 2.45) is 0 Å². The average Bonchev–Trinajstić information content (AvgIpc) is 2.96. The fourth-order valence-corrected chi connectivity index (χ4v) is 6.21. The molecule has 0 aliphatic heterocycles. The minimum atomic E-state index is -4.11. The SMILES string of the molecule is CCCCNC(=O)[C@H](CC)N(Cc1cccc(OC)c1)C(=O)CN(c1ccc(C)cc1C)S(=O)(=O)c1ccccc1. The molecule has 9 heteroatoms. The Morgan fingerprint density at radius 1 is 0.951 bits per heavy atom. The molecule has 0 saturated heterocycles. The molecular formula is C32H41N3O5S. The summed E-state index contributed by atoms with van der Waals surface area (Å²) in [6, 6.07) is 20.0. The van der Waals surface area contributed by atoms with Crippen molar-refractivity contribution >= 4 is 27.5 Å². The highest BCUT2D eigenvalue weighted by atomic mass is 32.2. The van der Waals surface area contributed by atoms with Gasteiger partial charge in [-0.2, -0.15) is 0 Å². The number of amides is 2. The second kappa shape index (κ2) is 14.7. The van der Waals surface area contributed by atoms with Gasteiger partial charge in [0, 0.05) is 13.1 Å². The van der Waals surface area contributed by atoms with E-state index in [9.17, 15) is 18.0 Å². The van der Waals surface area contributed by atoms with Crippen molar-refractivity contribution in [2.75, 3.05) is 24.5 Å². The Balaban J connectivity index is 2.06. The number of hydrogen-bond acceptors (Lipinski definition) is 5. The number of carbonyl (C=O) groups is 2. The van der Waals surface area contributed by atoms with Crippen molar-refractivity contribution in [2.45, 2.75) is 64.4 Å². The van der Waals surface area contributed by atoms with Crippen LogP contribution in [0, 0.1) is 13.8 Å². The third-order valence-corrected chi connectivity index (χ3v) is 8.71. The monoisotopic (exact) mass is 579 g/mol. The van der Waals surface area contributed by atoms with Gasteiger partial charge in [-0.25, -0.2) is 8.42 Å². The zero-order valence-electron chi connectivity index (χ0n) is 24.6. The Hall–Kier alpha value is -3.85. The maximum atomic E-state index is 14.2. The molecule has 3 aromatic carbocycles. The van der Waals surface area contributed by atoms with Gasteiger partial charge in [-0.05, 0) is 68.1 Å². The van der Waals surface area contributed by atoms with Crippen LogP contribution in [0.3, 0.4) is 0 Å². The number of carbonyl (C=O) groups excluding carboxylic acids is 2. The molecule has 0 fully saturated rings. The number of rotatable bonds is 14. The summed E-state index contributed by atoms with van der Waals surface area (Å²) < 4.78 is 34.5. The Morgan fingerprint density at radius 2 is 1.68 bits per heavy atom. The second-order valence-corrected chi connectivity index (χ2v) is 11.9. The first-order valence-electron chi connectivity index (χ1n) is 14.0. The Kier molecular flexibility index (Phi) is 11.3. The van der Waals surface area contributed by atoms with Gasteiger partial charge < -0.3 is 15.0 Å². The van der Waals surface area contributed by atoms with Crippen LogP contribution in [0.25, 0.3) is 0 Å². The third kappa shape index (κ3) is 8.10. The van der Waals surface area contributed by atoms with Gasteiger partial charge in [0.05, 0.1) is 17.7 Å². The predicted octanol–water partition coefficient (Wildman–Crippen LogP) is 5.23. The van der Waals surface area contributed by atoms with Gasteiger partial charge in [0.2, 0.25) is 11.8 Å². The summed E-state index contributed by atoms with van der Waals surface area (Å²) >= 11 is 0. The highest BCUT2D eigenvalue weighted by molar-refractivity contribution is 7.92. The molecule has 0 radical (unpaired) electrons. The van der Waals surface area contributed by atoms with Crippen LogP contribution in [0.2, 0.25) is 0 Å². The maximum Gasteiger partial charge on any atom is 0.264 e. The lowest BCUT2D eigenvalue weighted by Crippen LogP contribution is -2.52. The maximum absolute atomic E-state index is 14.2. The molecule has 0 heterocycles. The number of methoxy groups -OCH3 is 1. The molecule has 2 amide bonds. The summed E-state index contributed by atoms with van der Waals surface area (Å²) in [5, 5.41) is 2.95. The third-order valence-electron chi connectivity index (χ3n) is 6.93. The summed E-state index contributed by atoms with van der Waals surface area (Å²) in [6.07, 6.45) is 2.11. The van der Waals surface area contributed by atoms with Gasteiger partial charge in [0.1, 0.15) is 18.3 Å².